The van der Waals surface area contributed by atoms with Crippen LogP contribution < -0.4 is 0 Å². The molecule has 0 radical (unpaired) electrons. The van der Waals surface area contributed by atoms with Crippen LogP contribution >= 0.6 is 23.2 Å². The second-order valence-corrected chi connectivity index (χ2v) is 3.77. The highest BCUT2D eigenvalue weighted by Crippen LogP contribution is 2.11. The van der Waals surface area contributed by atoms with Crippen LogP contribution in [0.4, 0.5) is 3.89 Å². The summed E-state index contributed by atoms with van der Waals surface area (Å²) in [5, 5.41) is 0. The molecule has 0 aliphatic heterocycles. The minimum atomic E-state index is -4.71. The Morgan fingerprint density at radius 1 is 1.43 bits per heavy atom. The summed E-state index contributed by atoms with van der Waals surface area (Å²) in [5.41, 5.74) is 0. The van der Waals surface area contributed by atoms with E-state index in [2.05, 4.69) is 23.2 Å². The van der Waals surface area contributed by atoms with Gasteiger partial charge in [0.1, 0.15) is 0 Å². The van der Waals surface area contributed by atoms with Crippen LogP contribution in [0.15, 0.2) is 0 Å². The van der Waals surface area contributed by atoms with Gasteiger partial charge in [-0.3, -0.25) is 0 Å². The van der Waals surface area contributed by atoms with Gasteiger partial charge in [-0.05, 0) is 0 Å². The van der Waals surface area contributed by atoms with Crippen molar-refractivity contribution in [3.8, 4) is 0 Å². The average Bonchev–Trinajstić information content (AvgIpc) is 1.31. The summed E-state index contributed by atoms with van der Waals surface area (Å²) >= 11 is 9.11. The molecular formula is CHCl2FO2S. The first-order chi connectivity index (χ1) is 2.94. The molecule has 0 heterocycles. The van der Waals surface area contributed by atoms with Crippen LogP contribution in [0.5, 0.6) is 0 Å². The molecule has 0 atom stereocenters. The third kappa shape index (κ3) is 3.08. The van der Waals surface area contributed by atoms with Gasteiger partial charge in [0, 0.05) is 0 Å². The van der Waals surface area contributed by atoms with Crippen molar-refractivity contribution in [2.45, 2.75) is 4.17 Å². The third-order valence-electron chi connectivity index (χ3n) is 0.213. The maximum atomic E-state index is 11.2. The first kappa shape index (κ1) is 7.46. The summed E-state index contributed by atoms with van der Waals surface area (Å²) in [5.74, 6) is 0. The molecule has 0 spiro atoms. The van der Waals surface area contributed by atoms with E-state index in [9.17, 15) is 12.3 Å². The van der Waals surface area contributed by atoms with Crippen molar-refractivity contribution in [1.82, 2.24) is 0 Å². The molecule has 0 rings (SSSR count). The predicted molar refractivity (Wildman–Crippen MR) is 25.5 cm³/mol. The molecule has 7 heavy (non-hydrogen) atoms. The van der Waals surface area contributed by atoms with E-state index in [4.69, 9.17) is 0 Å². The molecule has 0 N–H and O–H groups in total. The quantitative estimate of drug-likeness (QED) is 0.432. The van der Waals surface area contributed by atoms with Gasteiger partial charge >= 0.3 is 10.2 Å². The Morgan fingerprint density at radius 2 is 1.57 bits per heavy atom. The summed E-state index contributed by atoms with van der Waals surface area (Å²) in [6.45, 7) is 0. The van der Waals surface area contributed by atoms with Crippen LogP contribution in [0.3, 0.4) is 0 Å². The van der Waals surface area contributed by atoms with Gasteiger partial charge in [-0.15, -0.1) is 3.89 Å². The Bertz CT molecular complexity index is 138. The highest BCUT2D eigenvalue weighted by atomic mass is 35.5. The molecule has 0 fully saturated rings. The first-order valence-electron chi connectivity index (χ1n) is 1.16. The van der Waals surface area contributed by atoms with Gasteiger partial charge in [0.25, 0.3) is 0 Å². The number of hydrogen-bond acceptors (Lipinski definition) is 2. The Morgan fingerprint density at radius 3 is 1.57 bits per heavy atom. The fourth-order valence-electron chi connectivity index (χ4n) is 0. The second kappa shape index (κ2) is 2.15. The minimum absolute atomic E-state index is 1.95. The molecule has 6 heteroatoms. The maximum Gasteiger partial charge on any atom is 0.333 e. The van der Waals surface area contributed by atoms with E-state index in [0.29, 0.717) is 0 Å². The van der Waals surface area contributed by atoms with E-state index in [1.807, 2.05) is 0 Å². The number of rotatable bonds is 1. The molecule has 0 aromatic carbocycles. The van der Waals surface area contributed by atoms with E-state index in [1.54, 1.807) is 0 Å². The van der Waals surface area contributed by atoms with E-state index >= 15 is 0 Å². The van der Waals surface area contributed by atoms with Crippen molar-refractivity contribution < 1.29 is 12.3 Å². The Hall–Kier alpha value is 0.460. The summed E-state index contributed by atoms with van der Waals surface area (Å²) < 4.78 is 28.1. The van der Waals surface area contributed by atoms with Crippen LogP contribution in [0.25, 0.3) is 0 Å². The summed E-state index contributed by atoms with van der Waals surface area (Å²) in [7, 11) is -4.71. The summed E-state index contributed by atoms with van der Waals surface area (Å²) in [6.07, 6.45) is 0. The second-order valence-electron chi connectivity index (χ2n) is 0.736. The van der Waals surface area contributed by atoms with Crippen molar-refractivity contribution in [3.63, 3.8) is 0 Å². The zero-order valence-electron chi connectivity index (χ0n) is 2.94. The monoisotopic (exact) mass is 166 g/mol. The predicted octanol–water partition coefficient (Wildman–Crippen LogP) is 1.05. The van der Waals surface area contributed by atoms with Gasteiger partial charge in [-0.2, -0.15) is 8.42 Å². The van der Waals surface area contributed by atoms with Crippen molar-refractivity contribution in [1.29, 1.82) is 0 Å². The van der Waals surface area contributed by atoms with Crippen LogP contribution in [0.1, 0.15) is 0 Å². The largest absolute Gasteiger partial charge is 0.333 e. The maximum absolute atomic E-state index is 11.2. The molecule has 0 saturated heterocycles. The first-order valence-corrected chi connectivity index (χ1v) is 3.48. The van der Waals surface area contributed by atoms with Crippen molar-refractivity contribution in [2.75, 3.05) is 0 Å². The van der Waals surface area contributed by atoms with Gasteiger partial charge in [0.05, 0.1) is 0 Å². The van der Waals surface area contributed by atoms with Crippen LogP contribution in [0.2, 0.25) is 0 Å². The molecule has 44 valence electrons. The van der Waals surface area contributed by atoms with E-state index < -0.39 is 14.4 Å². The molecule has 0 amide bonds. The normalized spacial score (nSPS) is 12.6. The van der Waals surface area contributed by atoms with Crippen LogP contribution in [-0.4, -0.2) is 12.6 Å². The van der Waals surface area contributed by atoms with Crippen LogP contribution in [-0.2, 0) is 10.2 Å². The summed E-state index contributed by atoms with van der Waals surface area (Å²) in [6, 6.07) is 0. The Labute approximate surface area is 50.4 Å². The lowest BCUT2D eigenvalue weighted by Gasteiger charge is -1.86. The van der Waals surface area contributed by atoms with Crippen molar-refractivity contribution >= 4 is 33.4 Å². The van der Waals surface area contributed by atoms with Gasteiger partial charge in [-0.1, -0.05) is 23.2 Å². The molecule has 0 aliphatic rings. The molecule has 0 bridgehead atoms. The van der Waals surface area contributed by atoms with Gasteiger partial charge in [0.15, 0.2) is 0 Å². The lowest BCUT2D eigenvalue weighted by Crippen LogP contribution is -1.99. The highest BCUT2D eigenvalue weighted by Gasteiger charge is 2.17. The molecule has 2 nitrogen and oxygen atoms in total. The topological polar surface area (TPSA) is 34.1 Å². The fraction of sp³-hybridized carbons (Fsp3) is 1.00. The Kier molecular flexibility index (Phi) is 2.29. The zero-order chi connectivity index (χ0) is 6.08. The molecule has 0 unspecified atom stereocenters. The molecular weight excluding hydrogens is 166 g/mol. The lowest BCUT2D eigenvalue weighted by atomic mass is 11.9. The standard InChI is InChI=1S/CHCl2FO2S/c2-1(3)7(4,5)6/h1H. The minimum Gasteiger partial charge on any atom is -0.192 e. The summed E-state index contributed by atoms with van der Waals surface area (Å²) in [4.78, 5) is 0. The molecule has 0 aromatic heterocycles. The molecule has 0 saturated carbocycles. The average molecular weight is 167 g/mol. The molecule has 0 aromatic rings. The zero-order valence-corrected chi connectivity index (χ0v) is 5.26. The van der Waals surface area contributed by atoms with Crippen molar-refractivity contribution in [3.05, 3.63) is 0 Å². The van der Waals surface area contributed by atoms with Gasteiger partial charge in [0.2, 0.25) is 4.17 Å². The van der Waals surface area contributed by atoms with E-state index in [1.165, 1.54) is 0 Å². The van der Waals surface area contributed by atoms with Gasteiger partial charge in [-0.25, -0.2) is 0 Å². The fourth-order valence-corrected chi connectivity index (χ4v) is 0. The number of hydrogen-bond donors (Lipinski definition) is 0. The smallest absolute Gasteiger partial charge is 0.192 e. The van der Waals surface area contributed by atoms with Gasteiger partial charge < -0.3 is 0 Å². The number of alkyl halides is 2. The third-order valence-corrected chi connectivity index (χ3v) is 1.92. The lowest BCUT2D eigenvalue weighted by molar-refractivity contribution is 0.555. The highest BCUT2D eigenvalue weighted by molar-refractivity contribution is 7.89. The van der Waals surface area contributed by atoms with E-state index in [-0.39, 0.29) is 0 Å². The number of halogens is 3. The molecule has 0 aliphatic carbocycles. The van der Waals surface area contributed by atoms with E-state index in [0.717, 1.165) is 0 Å². The Balaban J connectivity index is 4.10. The van der Waals surface area contributed by atoms with Crippen LogP contribution in [0, 0.1) is 0 Å². The van der Waals surface area contributed by atoms with Crippen molar-refractivity contribution in [2.24, 2.45) is 0 Å². The SMILES string of the molecule is O=S(=O)(F)C(Cl)Cl.